The van der Waals surface area contributed by atoms with Crippen LogP contribution in [0.25, 0.3) is 0 Å². The minimum absolute atomic E-state index is 0.141. The van der Waals surface area contributed by atoms with Gasteiger partial charge in [0.15, 0.2) is 0 Å². The van der Waals surface area contributed by atoms with Crippen molar-refractivity contribution < 1.29 is 8.42 Å². The number of anilines is 1. The molecular weight excluding hydrogens is 262 g/mol. The van der Waals surface area contributed by atoms with Gasteiger partial charge < -0.3 is 4.90 Å². The maximum Gasteiger partial charge on any atom is 0.213 e. The van der Waals surface area contributed by atoms with Crippen LogP contribution in [-0.2, 0) is 10.0 Å². The smallest absolute Gasteiger partial charge is 0.213 e. The zero-order chi connectivity index (χ0) is 13.9. The van der Waals surface area contributed by atoms with Crippen molar-refractivity contribution in [2.75, 3.05) is 36.8 Å². The molecule has 102 valence electrons. The lowest BCUT2D eigenvalue weighted by molar-refractivity contribution is 0.385. The second kappa shape index (κ2) is 5.59. The first kappa shape index (κ1) is 13.8. The summed E-state index contributed by atoms with van der Waals surface area (Å²) < 4.78 is 25.1. The molecule has 0 unspecified atom stereocenters. The zero-order valence-corrected chi connectivity index (χ0v) is 11.7. The third kappa shape index (κ3) is 2.88. The average molecular weight is 279 g/mol. The van der Waals surface area contributed by atoms with E-state index in [1.165, 1.54) is 4.31 Å². The molecule has 1 aliphatic rings. The fourth-order valence-corrected chi connectivity index (χ4v) is 3.32. The summed E-state index contributed by atoms with van der Waals surface area (Å²) in [5.41, 5.74) is 1.52. The molecule has 1 heterocycles. The first-order valence-corrected chi connectivity index (χ1v) is 7.91. The molecule has 0 amide bonds. The molecule has 1 aliphatic heterocycles. The molecule has 0 spiro atoms. The van der Waals surface area contributed by atoms with E-state index in [4.69, 9.17) is 5.26 Å². The third-order valence-corrected chi connectivity index (χ3v) is 5.24. The molecular formula is C13H17N3O2S. The van der Waals surface area contributed by atoms with Gasteiger partial charge in [-0.3, -0.25) is 0 Å². The lowest BCUT2D eigenvalue weighted by Crippen LogP contribution is -2.49. The molecule has 5 nitrogen and oxygen atoms in total. The minimum atomic E-state index is -3.10. The zero-order valence-electron chi connectivity index (χ0n) is 10.9. The van der Waals surface area contributed by atoms with Crippen molar-refractivity contribution in [2.45, 2.75) is 6.92 Å². The predicted molar refractivity (Wildman–Crippen MR) is 74.4 cm³/mol. The summed E-state index contributed by atoms with van der Waals surface area (Å²) in [5, 5.41) is 9.09. The van der Waals surface area contributed by atoms with Gasteiger partial charge in [-0.15, -0.1) is 0 Å². The summed E-state index contributed by atoms with van der Waals surface area (Å²) >= 11 is 0. The Hall–Kier alpha value is -1.58. The van der Waals surface area contributed by atoms with Gasteiger partial charge >= 0.3 is 0 Å². The van der Waals surface area contributed by atoms with Crippen LogP contribution in [-0.4, -0.2) is 44.7 Å². The van der Waals surface area contributed by atoms with E-state index in [1.54, 1.807) is 13.0 Å². The summed E-state index contributed by atoms with van der Waals surface area (Å²) in [4.78, 5) is 2.07. The normalized spacial score (nSPS) is 17.2. The van der Waals surface area contributed by atoms with Crippen LogP contribution in [0.15, 0.2) is 24.3 Å². The number of nitrogens with zero attached hydrogens (tertiary/aromatic N) is 3. The Kier molecular flexibility index (Phi) is 4.08. The van der Waals surface area contributed by atoms with Gasteiger partial charge in [0.25, 0.3) is 0 Å². The quantitative estimate of drug-likeness (QED) is 0.829. The van der Waals surface area contributed by atoms with Gasteiger partial charge in [-0.25, -0.2) is 8.42 Å². The number of piperazine rings is 1. The van der Waals surface area contributed by atoms with Gasteiger partial charge in [0.2, 0.25) is 10.0 Å². The van der Waals surface area contributed by atoms with Crippen LogP contribution in [0.4, 0.5) is 5.69 Å². The van der Waals surface area contributed by atoms with Crippen molar-refractivity contribution in [3.63, 3.8) is 0 Å². The Morgan fingerprint density at radius 3 is 2.42 bits per heavy atom. The molecule has 1 saturated heterocycles. The van der Waals surface area contributed by atoms with Gasteiger partial charge in [0.1, 0.15) is 6.07 Å². The third-order valence-electron chi connectivity index (χ3n) is 3.36. The van der Waals surface area contributed by atoms with E-state index in [0.717, 1.165) is 5.69 Å². The number of sulfonamides is 1. The maximum absolute atomic E-state index is 11.8. The van der Waals surface area contributed by atoms with Crippen molar-refractivity contribution in [2.24, 2.45) is 0 Å². The molecule has 1 aromatic carbocycles. The highest BCUT2D eigenvalue weighted by Crippen LogP contribution is 2.21. The largest absolute Gasteiger partial charge is 0.368 e. The number of hydrogen-bond acceptors (Lipinski definition) is 4. The first-order valence-electron chi connectivity index (χ1n) is 6.30. The maximum atomic E-state index is 11.8. The number of benzene rings is 1. The summed E-state index contributed by atoms with van der Waals surface area (Å²) in [5.74, 6) is 0.141. The lowest BCUT2D eigenvalue weighted by atomic mass is 10.1. The molecule has 19 heavy (non-hydrogen) atoms. The SMILES string of the molecule is CCS(=O)(=O)N1CCN(c2ccccc2C#N)CC1. The highest BCUT2D eigenvalue weighted by atomic mass is 32.2. The number of rotatable bonds is 3. The van der Waals surface area contributed by atoms with Crippen LogP contribution in [0.5, 0.6) is 0 Å². The lowest BCUT2D eigenvalue weighted by Gasteiger charge is -2.35. The molecule has 0 radical (unpaired) electrons. The summed E-state index contributed by atoms with van der Waals surface area (Å²) in [6.07, 6.45) is 0. The van der Waals surface area contributed by atoms with Gasteiger partial charge in [-0.2, -0.15) is 9.57 Å². The summed E-state index contributed by atoms with van der Waals surface area (Å²) in [6, 6.07) is 9.59. The van der Waals surface area contributed by atoms with Gasteiger partial charge in [0, 0.05) is 26.2 Å². The standard InChI is InChI=1S/C13H17N3O2S/c1-2-19(17,18)16-9-7-15(8-10-16)13-6-4-3-5-12(13)11-14/h3-6H,2,7-10H2,1H3. The van der Waals surface area contributed by atoms with Crippen LogP contribution >= 0.6 is 0 Å². The molecule has 1 aromatic rings. The Morgan fingerprint density at radius 2 is 1.84 bits per heavy atom. The number of nitriles is 1. The molecule has 6 heteroatoms. The number of hydrogen-bond donors (Lipinski definition) is 0. The van der Waals surface area contributed by atoms with Crippen molar-refractivity contribution in [1.29, 1.82) is 5.26 Å². The fraction of sp³-hybridized carbons (Fsp3) is 0.462. The van der Waals surface area contributed by atoms with Crippen molar-refractivity contribution in [3.05, 3.63) is 29.8 Å². The molecule has 0 bridgehead atoms. The van der Waals surface area contributed by atoms with Crippen LogP contribution in [0, 0.1) is 11.3 Å². The van der Waals surface area contributed by atoms with E-state index in [2.05, 4.69) is 11.0 Å². The molecule has 2 rings (SSSR count). The summed E-state index contributed by atoms with van der Waals surface area (Å²) in [7, 11) is -3.10. The van der Waals surface area contributed by atoms with Crippen LogP contribution in [0.1, 0.15) is 12.5 Å². The minimum Gasteiger partial charge on any atom is -0.368 e. The average Bonchev–Trinajstić information content (AvgIpc) is 2.47. The van der Waals surface area contributed by atoms with E-state index in [-0.39, 0.29) is 5.75 Å². The molecule has 0 saturated carbocycles. The number of para-hydroxylation sites is 1. The van der Waals surface area contributed by atoms with Crippen molar-refractivity contribution in [1.82, 2.24) is 4.31 Å². The molecule has 1 fully saturated rings. The molecule has 0 aromatic heterocycles. The topological polar surface area (TPSA) is 64.4 Å². The van der Waals surface area contributed by atoms with Crippen LogP contribution < -0.4 is 4.90 Å². The van der Waals surface area contributed by atoms with E-state index >= 15 is 0 Å². The second-order valence-electron chi connectivity index (χ2n) is 4.42. The van der Waals surface area contributed by atoms with Gasteiger partial charge in [0.05, 0.1) is 17.0 Å². The Balaban J connectivity index is 2.11. The first-order chi connectivity index (χ1) is 9.08. The monoisotopic (exact) mass is 279 g/mol. The fourth-order valence-electron chi connectivity index (χ4n) is 2.23. The Morgan fingerprint density at radius 1 is 1.21 bits per heavy atom. The summed E-state index contributed by atoms with van der Waals surface area (Å²) in [6.45, 7) is 3.87. The van der Waals surface area contributed by atoms with Crippen LogP contribution in [0.2, 0.25) is 0 Å². The van der Waals surface area contributed by atoms with E-state index in [1.807, 2.05) is 18.2 Å². The second-order valence-corrected chi connectivity index (χ2v) is 6.67. The van der Waals surface area contributed by atoms with E-state index in [0.29, 0.717) is 31.7 Å². The Labute approximate surface area is 114 Å². The van der Waals surface area contributed by atoms with E-state index in [9.17, 15) is 8.42 Å². The van der Waals surface area contributed by atoms with Gasteiger partial charge in [-0.05, 0) is 19.1 Å². The Bertz CT molecular complexity index is 584. The van der Waals surface area contributed by atoms with Crippen molar-refractivity contribution in [3.8, 4) is 6.07 Å². The molecule has 0 N–H and O–H groups in total. The van der Waals surface area contributed by atoms with E-state index < -0.39 is 10.0 Å². The van der Waals surface area contributed by atoms with Crippen LogP contribution in [0.3, 0.4) is 0 Å². The highest BCUT2D eigenvalue weighted by molar-refractivity contribution is 7.89. The van der Waals surface area contributed by atoms with Crippen molar-refractivity contribution >= 4 is 15.7 Å². The highest BCUT2D eigenvalue weighted by Gasteiger charge is 2.26. The van der Waals surface area contributed by atoms with Gasteiger partial charge in [-0.1, -0.05) is 12.1 Å². The molecule has 0 atom stereocenters. The molecule has 0 aliphatic carbocycles. The predicted octanol–water partition coefficient (Wildman–Crippen LogP) is 1.03.